The number of nitrogens with zero attached hydrogens (tertiary/aromatic N) is 1. The van der Waals surface area contributed by atoms with Crippen molar-refractivity contribution in [3.05, 3.63) is 88.4 Å². The Labute approximate surface area is 202 Å². The highest BCUT2D eigenvalue weighted by Gasteiger charge is 2.14. The third kappa shape index (κ3) is 6.91. The normalized spacial score (nSPS) is 10.6. The fourth-order valence-corrected chi connectivity index (χ4v) is 3.00. The third-order valence-electron chi connectivity index (χ3n) is 4.83. The van der Waals surface area contributed by atoms with Gasteiger partial charge in [-0.15, -0.1) is 0 Å². The molecule has 3 rings (SSSR count). The molecule has 0 aliphatic carbocycles. The van der Waals surface area contributed by atoms with E-state index in [1.807, 2.05) is 19.9 Å². The zero-order chi connectivity index (χ0) is 24.5. The number of aryl methyl sites for hydroxylation is 1. The molecule has 8 nitrogen and oxygen atoms in total. The number of halogens is 1. The molecule has 0 aliphatic heterocycles. The molecule has 0 bridgehead atoms. The van der Waals surface area contributed by atoms with Gasteiger partial charge < -0.3 is 15.4 Å². The molecule has 3 aromatic rings. The van der Waals surface area contributed by atoms with Crippen LogP contribution in [0.3, 0.4) is 0 Å². The van der Waals surface area contributed by atoms with E-state index in [0.29, 0.717) is 27.7 Å². The SMILES string of the molecule is Cc1cccc(NC(=O)C(=O)N/N=C\c2ccccc2OCC(=O)Nc2ccc(Cl)cc2)c1C. The summed E-state index contributed by atoms with van der Waals surface area (Å²) in [6.45, 7) is 3.53. The number of hydrazone groups is 1. The summed E-state index contributed by atoms with van der Waals surface area (Å²) in [7, 11) is 0. The van der Waals surface area contributed by atoms with E-state index in [-0.39, 0.29) is 12.5 Å². The lowest BCUT2D eigenvalue weighted by molar-refractivity contribution is -0.136. The van der Waals surface area contributed by atoms with Crippen molar-refractivity contribution < 1.29 is 19.1 Å². The van der Waals surface area contributed by atoms with Crippen LogP contribution in [0.2, 0.25) is 5.02 Å². The summed E-state index contributed by atoms with van der Waals surface area (Å²) in [6.07, 6.45) is 1.33. The maximum atomic E-state index is 12.2. The van der Waals surface area contributed by atoms with Gasteiger partial charge in [-0.05, 0) is 67.4 Å². The van der Waals surface area contributed by atoms with Crippen LogP contribution in [0.5, 0.6) is 5.75 Å². The number of para-hydroxylation sites is 1. The van der Waals surface area contributed by atoms with Gasteiger partial charge in [0.15, 0.2) is 6.61 Å². The van der Waals surface area contributed by atoms with Crippen LogP contribution >= 0.6 is 11.6 Å². The van der Waals surface area contributed by atoms with Crippen LogP contribution in [0, 0.1) is 13.8 Å². The lowest BCUT2D eigenvalue weighted by Crippen LogP contribution is -2.32. The number of hydrogen-bond donors (Lipinski definition) is 3. The van der Waals surface area contributed by atoms with Crippen molar-refractivity contribution in [2.24, 2.45) is 5.10 Å². The van der Waals surface area contributed by atoms with Gasteiger partial charge in [0.2, 0.25) is 0 Å². The maximum Gasteiger partial charge on any atom is 0.329 e. The summed E-state index contributed by atoms with van der Waals surface area (Å²) in [6, 6.07) is 19.0. The molecule has 0 saturated carbocycles. The van der Waals surface area contributed by atoms with Crippen LogP contribution < -0.4 is 20.8 Å². The summed E-state index contributed by atoms with van der Waals surface area (Å²) in [5, 5.41) is 9.66. The molecule has 0 heterocycles. The van der Waals surface area contributed by atoms with Crippen molar-refractivity contribution in [3.8, 4) is 5.75 Å². The smallest absolute Gasteiger partial charge is 0.329 e. The maximum absolute atomic E-state index is 12.2. The second-order valence-corrected chi connectivity index (χ2v) is 7.72. The molecule has 0 fully saturated rings. The molecule has 0 atom stereocenters. The molecule has 0 aromatic heterocycles. The van der Waals surface area contributed by atoms with Gasteiger partial charge in [-0.2, -0.15) is 5.10 Å². The summed E-state index contributed by atoms with van der Waals surface area (Å²) >= 11 is 5.84. The number of carbonyl (C=O) groups excluding carboxylic acids is 3. The summed E-state index contributed by atoms with van der Waals surface area (Å²) < 4.78 is 5.58. The van der Waals surface area contributed by atoms with Crippen LogP contribution in [-0.4, -0.2) is 30.5 Å². The average molecular weight is 479 g/mol. The molecular formula is C25H23ClN4O4. The Balaban J connectivity index is 1.54. The van der Waals surface area contributed by atoms with E-state index in [9.17, 15) is 14.4 Å². The standard InChI is InChI=1S/C25H23ClN4O4/c1-16-6-5-8-21(17(16)2)29-24(32)25(33)30-27-14-18-7-3-4-9-22(18)34-15-23(31)28-20-12-10-19(26)11-13-20/h3-14H,15H2,1-2H3,(H,28,31)(H,29,32)(H,30,33)/b27-14-. The predicted octanol–water partition coefficient (Wildman–Crippen LogP) is 4.06. The van der Waals surface area contributed by atoms with Gasteiger partial charge in [-0.3, -0.25) is 14.4 Å². The van der Waals surface area contributed by atoms with Crippen LogP contribution in [0.1, 0.15) is 16.7 Å². The van der Waals surface area contributed by atoms with Gasteiger partial charge in [0, 0.05) is 22.0 Å². The lowest BCUT2D eigenvalue weighted by atomic mass is 10.1. The molecule has 9 heteroatoms. The van der Waals surface area contributed by atoms with Crippen molar-refractivity contribution >= 4 is 46.9 Å². The summed E-state index contributed by atoms with van der Waals surface area (Å²) in [5.74, 6) is -1.73. The Hall–Kier alpha value is -4.17. The van der Waals surface area contributed by atoms with Crippen LogP contribution in [0.25, 0.3) is 0 Å². The predicted molar refractivity (Wildman–Crippen MR) is 132 cm³/mol. The largest absolute Gasteiger partial charge is 0.483 e. The van der Waals surface area contributed by atoms with E-state index in [1.54, 1.807) is 60.7 Å². The molecule has 34 heavy (non-hydrogen) atoms. The second kappa shape index (κ2) is 11.6. The average Bonchev–Trinajstić information content (AvgIpc) is 2.82. The molecule has 3 amide bonds. The number of hydrogen-bond acceptors (Lipinski definition) is 5. The molecule has 174 valence electrons. The zero-order valence-corrected chi connectivity index (χ0v) is 19.3. The van der Waals surface area contributed by atoms with E-state index < -0.39 is 11.8 Å². The molecular weight excluding hydrogens is 456 g/mol. The highest BCUT2D eigenvalue weighted by atomic mass is 35.5. The Morgan fingerprint density at radius 2 is 1.65 bits per heavy atom. The lowest BCUT2D eigenvalue weighted by Gasteiger charge is -2.10. The number of carbonyl (C=O) groups is 3. The number of benzene rings is 3. The molecule has 0 spiro atoms. The van der Waals surface area contributed by atoms with Crippen LogP contribution in [-0.2, 0) is 14.4 Å². The second-order valence-electron chi connectivity index (χ2n) is 7.28. The fraction of sp³-hybridized carbons (Fsp3) is 0.120. The zero-order valence-electron chi connectivity index (χ0n) is 18.6. The topological polar surface area (TPSA) is 109 Å². The quantitative estimate of drug-likeness (QED) is 0.270. The van der Waals surface area contributed by atoms with E-state index in [1.165, 1.54) is 6.21 Å². The Kier molecular flexibility index (Phi) is 8.37. The van der Waals surface area contributed by atoms with Crippen LogP contribution in [0.4, 0.5) is 11.4 Å². The van der Waals surface area contributed by atoms with Crippen LogP contribution in [0.15, 0.2) is 71.8 Å². The van der Waals surface area contributed by atoms with Crippen molar-refractivity contribution in [2.45, 2.75) is 13.8 Å². The fourth-order valence-electron chi connectivity index (χ4n) is 2.87. The minimum Gasteiger partial charge on any atom is -0.483 e. The molecule has 0 aliphatic rings. The highest BCUT2D eigenvalue weighted by molar-refractivity contribution is 6.39. The first-order valence-electron chi connectivity index (χ1n) is 10.3. The number of ether oxygens (including phenoxy) is 1. The van der Waals surface area contributed by atoms with E-state index in [2.05, 4.69) is 21.2 Å². The number of amides is 3. The number of anilines is 2. The van der Waals surface area contributed by atoms with Gasteiger partial charge >= 0.3 is 11.8 Å². The van der Waals surface area contributed by atoms with Gasteiger partial charge in [0.05, 0.1) is 6.21 Å². The Bertz CT molecular complexity index is 1230. The minimum absolute atomic E-state index is 0.238. The van der Waals surface area contributed by atoms with Gasteiger partial charge in [0.1, 0.15) is 5.75 Å². The molecule has 0 saturated heterocycles. The monoisotopic (exact) mass is 478 g/mol. The minimum atomic E-state index is -0.919. The Morgan fingerprint density at radius 3 is 2.41 bits per heavy atom. The van der Waals surface area contributed by atoms with E-state index >= 15 is 0 Å². The molecule has 3 N–H and O–H groups in total. The third-order valence-corrected chi connectivity index (χ3v) is 5.09. The van der Waals surface area contributed by atoms with Crippen molar-refractivity contribution in [3.63, 3.8) is 0 Å². The molecule has 3 aromatic carbocycles. The summed E-state index contributed by atoms with van der Waals surface area (Å²) in [5.41, 5.74) is 5.71. The first-order chi connectivity index (χ1) is 16.3. The summed E-state index contributed by atoms with van der Waals surface area (Å²) in [4.78, 5) is 36.4. The molecule has 0 unspecified atom stereocenters. The first kappa shape index (κ1) is 24.5. The Morgan fingerprint density at radius 1 is 0.912 bits per heavy atom. The van der Waals surface area contributed by atoms with Gasteiger partial charge in [-0.25, -0.2) is 5.43 Å². The van der Waals surface area contributed by atoms with E-state index in [0.717, 1.165) is 11.1 Å². The molecule has 0 radical (unpaired) electrons. The number of rotatable bonds is 7. The first-order valence-corrected chi connectivity index (χ1v) is 10.7. The van der Waals surface area contributed by atoms with E-state index in [4.69, 9.17) is 16.3 Å². The van der Waals surface area contributed by atoms with Crippen molar-refractivity contribution in [1.82, 2.24) is 5.43 Å². The van der Waals surface area contributed by atoms with Crippen molar-refractivity contribution in [2.75, 3.05) is 17.2 Å². The number of nitrogens with one attached hydrogen (secondary N) is 3. The van der Waals surface area contributed by atoms with Gasteiger partial charge in [0.25, 0.3) is 5.91 Å². The van der Waals surface area contributed by atoms with Crippen molar-refractivity contribution in [1.29, 1.82) is 0 Å². The highest BCUT2D eigenvalue weighted by Crippen LogP contribution is 2.18. The van der Waals surface area contributed by atoms with Gasteiger partial charge in [-0.1, -0.05) is 35.9 Å².